The summed E-state index contributed by atoms with van der Waals surface area (Å²) in [7, 11) is 0. The van der Waals surface area contributed by atoms with Crippen molar-refractivity contribution in [1.82, 2.24) is 0 Å². The Bertz CT molecular complexity index is 735. The molecule has 0 radical (unpaired) electrons. The maximum absolute atomic E-state index is 11.1. The Morgan fingerprint density at radius 2 is 2.05 bits per heavy atom. The number of aliphatic hydroxyl groups is 1. The molecule has 2 rings (SSSR count). The maximum Gasteiger partial charge on any atom is 0.311 e. The molecule has 106 valence electrons. The lowest BCUT2D eigenvalue weighted by atomic mass is 10.1. The van der Waals surface area contributed by atoms with Crippen molar-refractivity contribution in [2.24, 2.45) is 0 Å². The quantitative estimate of drug-likeness (QED) is 0.687. The predicted octanol–water partition coefficient (Wildman–Crippen LogP) is 3.06. The van der Waals surface area contributed by atoms with Gasteiger partial charge in [-0.15, -0.1) is 0 Å². The Morgan fingerprint density at radius 1 is 1.29 bits per heavy atom. The molecule has 0 saturated heterocycles. The Kier molecular flexibility index (Phi) is 4.16. The Hall–Kier alpha value is -2.91. The van der Waals surface area contributed by atoms with Crippen LogP contribution in [0, 0.1) is 28.4 Å². The molecule has 0 aromatic heterocycles. The van der Waals surface area contributed by atoms with Crippen LogP contribution in [-0.4, -0.2) is 10.0 Å². The van der Waals surface area contributed by atoms with Crippen LogP contribution in [-0.2, 0) is 6.61 Å². The van der Waals surface area contributed by atoms with Crippen molar-refractivity contribution in [1.29, 1.82) is 5.26 Å². The highest BCUT2D eigenvalue weighted by atomic mass is 16.6. The topological polar surface area (TPSA) is 96.4 Å². The molecule has 0 spiro atoms. The van der Waals surface area contributed by atoms with Gasteiger partial charge in [-0.2, -0.15) is 5.26 Å². The van der Waals surface area contributed by atoms with Gasteiger partial charge in [-0.1, -0.05) is 12.1 Å². The third-order valence-electron chi connectivity index (χ3n) is 2.94. The Morgan fingerprint density at radius 3 is 2.67 bits per heavy atom. The van der Waals surface area contributed by atoms with E-state index in [1.165, 1.54) is 18.2 Å². The lowest BCUT2D eigenvalue weighted by Crippen LogP contribution is -1.96. The van der Waals surface area contributed by atoms with E-state index in [-0.39, 0.29) is 18.0 Å². The van der Waals surface area contributed by atoms with Crippen molar-refractivity contribution in [3.63, 3.8) is 0 Å². The zero-order chi connectivity index (χ0) is 15.4. The zero-order valence-electron chi connectivity index (χ0n) is 11.2. The zero-order valence-corrected chi connectivity index (χ0v) is 11.2. The second-order valence-corrected chi connectivity index (χ2v) is 4.41. The molecule has 0 bridgehead atoms. The lowest BCUT2D eigenvalue weighted by Gasteiger charge is -2.10. The summed E-state index contributed by atoms with van der Waals surface area (Å²) >= 11 is 0. The number of hydrogen-bond donors (Lipinski definition) is 1. The van der Waals surface area contributed by atoms with E-state index in [0.29, 0.717) is 16.9 Å². The normalized spacial score (nSPS) is 9.95. The third kappa shape index (κ3) is 3.16. The summed E-state index contributed by atoms with van der Waals surface area (Å²) in [5.41, 5.74) is 1.36. The fourth-order valence-electron chi connectivity index (χ4n) is 1.79. The standard InChI is InChI=1S/C15H12N2O4/c1-10-2-3-11(8-16)7-15(10)21-14-5-4-12(9-18)6-13(14)17(19)20/h2-7,18H,9H2,1H3. The van der Waals surface area contributed by atoms with E-state index in [9.17, 15) is 10.1 Å². The number of benzene rings is 2. The lowest BCUT2D eigenvalue weighted by molar-refractivity contribution is -0.385. The minimum absolute atomic E-state index is 0.0652. The van der Waals surface area contributed by atoms with E-state index in [4.69, 9.17) is 15.1 Å². The molecule has 6 heteroatoms. The van der Waals surface area contributed by atoms with E-state index in [1.54, 1.807) is 25.1 Å². The van der Waals surface area contributed by atoms with Gasteiger partial charge in [0.2, 0.25) is 5.75 Å². The number of nitro groups is 1. The van der Waals surface area contributed by atoms with E-state index >= 15 is 0 Å². The minimum atomic E-state index is -0.571. The van der Waals surface area contributed by atoms with Gasteiger partial charge in [0, 0.05) is 6.07 Å². The molecule has 0 unspecified atom stereocenters. The molecule has 0 heterocycles. The van der Waals surface area contributed by atoms with Gasteiger partial charge in [0.05, 0.1) is 23.2 Å². The SMILES string of the molecule is Cc1ccc(C#N)cc1Oc1ccc(CO)cc1[N+](=O)[O-]. The summed E-state index contributed by atoms with van der Waals surface area (Å²) in [4.78, 5) is 10.5. The highest BCUT2D eigenvalue weighted by Gasteiger charge is 2.17. The molecule has 0 aliphatic carbocycles. The van der Waals surface area contributed by atoms with Crippen LogP contribution in [0.5, 0.6) is 11.5 Å². The van der Waals surface area contributed by atoms with E-state index in [1.807, 2.05) is 6.07 Å². The summed E-state index contributed by atoms with van der Waals surface area (Å²) in [5, 5.41) is 29.0. The summed E-state index contributed by atoms with van der Waals surface area (Å²) in [6.07, 6.45) is 0. The van der Waals surface area contributed by atoms with Crippen molar-refractivity contribution in [2.45, 2.75) is 13.5 Å². The second-order valence-electron chi connectivity index (χ2n) is 4.41. The molecule has 0 saturated carbocycles. The highest BCUT2D eigenvalue weighted by Crippen LogP contribution is 2.34. The summed E-state index contributed by atoms with van der Waals surface area (Å²) < 4.78 is 5.57. The van der Waals surface area contributed by atoms with Gasteiger partial charge in [-0.05, 0) is 36.2 Å². The highest BCUT2D eigenvalue weighted by molar-refractivity contribution is 5.52. The fourth-order valence-corrected chi connectivity index (χ4v) is 1.79. The van der Waals surface area contributed by atoms with Crippen molar-refractivity contribution in [2.75, 3.05) is 0 Å². The minimum Gasteiger partial charge on any atom is -0.450 e. The van der Waals surface area contributed by atoms with Crippen LogP contribution in [0.4, 0.5) is 5.69 Å². The van der Waals surface area contributed by atoms with Gasteiger partial charge < -0.3 is 9.84 Å². The van der Waals surface area contributed by atoms with Crippen LogP contribution >= 0.6 is 0 Å². The van der Waals surface area contributed by atoms with Crippen molar-refractivity contribution >= 4 is 5.69 Å². The number of nitrogens with zero attached hydrogens (tertiary/aromatic N) is 2. The molecule has 0 fully saturated rings. The molecule has 0 amide bonds. The second kappa shape index (κ2) is 6.03. The number of aliphatic hydroxyl groups excluding tert-OH is 1. The number of aryl methyl sites for hydroxylation is 1. The number of hydrogen-bond acceptors (Lipinski definition) is 5. The van der Waals surface area contributed by atoms with Crippen molar-refractivity contribution < 1.29 is 14.8 Å². The molecule has 21 heavy (non-hydrogen) atoms. The summed E-state index contributed by atoms with van der Waals surface area (Å²) in [6.45, 7) is 1.49. The number of nitriles is 1. The largest absolute Gasteiger partial charge is 0.450 e. The van der Waals surface area contributed by atoms with Gasteiger partial charge >= 0.3 is 5.69 Å². The predicted molar refractivity (Wildman–Crippen MR) is 75.0 cm³/mol. The van der Waals surface area contributed by atoms with E-state index in [2.05, 4.69) is 0 Å². The molecule has 1 N–H and O–H groups in total. The Labute approximate surface area is 121 Å². The third-order valence-corrected chi connectivity index (χ3v) is 2.94. The van der Waals surface area contributed by atoms with Crippen LogP contribution < -0.4 is 4.74 Å². The molecule has 2 aromatic carbocycles. The van der Waals surface area contributed by atoms with Crippen LogP contribution in [0.2, 0.25) is 0 Å². The fraction of sp³-hybridized carbons (Fsp3) is 0.133. The first-order valence-electron chi connectivity index (χ1n) is 6.12. The monoisotopic (exact) mass is 284 g/mol. The first-order chi connectivity index (χ1) is 10.0. The molecular weight excluding hydrogens is 272 g/mol. The molecule has 0 aliphatic rings. The van der Waals surface area contributed by atoms with E-state index < -0.39 is 4.92 Å². The van der Waals surface area contributed by atoms with Gasteiger partial charge in [0.1, 0.15) is 5.75 Å². The first-order valence-corrected chi connectivity index (χ1v) is 6.12. The van der Waals surface area contributed by atoms with Gasteiger partial charge in [0.15, 0.2) is 0 Å². The van der Waals surface area contributed by atoms with Crippen molar-refractivity contribution in [3.8, 4) is 17.6 Å². The van der Waals surface area contributed by atoms with Crippen LogP contribution in [0.3, 0.4) is 0 Å². The number of ether oxygens (including phenoxy) is 1. The number of rotatable bonds is 4. The van der Waals surface area contributed by atoms with Gasteiger partial charge in [-0.25, -0.2) is 0 Å². The van der Waals surface area contributed by atoms with Crippen molar-refractivity contribution in [3.05, 3.63) is 63.2 Å². The summed E-state index contributed by atoms with van der Waals surface area (Å²) in [5.74, 6) is 0.448. The van der Waals surface area contributed by atoms with Crippen LogP contribution in [0.25, 0.3) is 0 Å². The molecule has 2 aromatic rings. The smallest absolute Gasteiger partial charge is 0.311 e. The molecule has 0 atom stereocenters. The summed E-state index contributed by atoms with van der Waals surface area (Å²) in [6, 6.07) is 11.1. The van der Waals surface area contributed by atoms with Gasteiger partial charge in [-0.3, -0.25) is 10.1 Å². The molecule has 0 aliphatic heterocycles. The molecule has 6 nitrogen and oxygen atoms in total. The van der Waals surface area contributed by atoms with Gasteiger partial charge in [0.25, 0.3) is 0 Å². The maximum atomic E-state index is 11.1. The Balaban J connectivity index is 2.44. The number of nitro benzene ring substituents is 1. The van der Waals surface area contributed by atoms with Crippen LogP contribution in [0.1, 0.15) is 16.7 Å². The van der Waals surface area contributed by atoms with E-state index in [0.717, 1.165) is 5.56 Å². The average molecular weight is 284 g/mol. The first kappa shape index (κ1) is 14.5. The molecular formula is C15H12N2O4. The average Bonchev–Trinajstić information content (AvgIpc) is 2.49. The van der Waals surface area contributed by atoms with Crippen LogP contribution in [0.15, 0.2) is 36.4 Å².